The first-order valence-electron chi connectivity index (χ1n) is 10.8. The number of ether oxygens (including phenoxy) is 1. The zero-order valence-corrected chi connectivity index (χ0v) is 20.5. The molecule has 13 heteroatoms. The lowest BCUT2D eigenvalue weighted by molar-refractivity contribution is -0.394. The number of non-ortho nitro benzene ring substituents is 1. The van der Waals surface area contributed by atoms with E-state index in [-0.39, 0.29) is 22.1 Å². The van der Waals surface area contributed by atoms with Crippen LogP contribution in [0.15, 0.2) is 60.2 Å². The summed E-state index contributed by atoms with van der Waals surface area (Å²) in [6.45, 7) is 3.70. The standard InChI is InChI=1S/C25H17ClN4O8/c1-13-3-5-16(9-14(13)2)28-24(32)18(23(31)27-25(28)33)10-15-4-7-21(19(26)11-15)38-22-8-6-17(29(34)35)12-20(22)30(36)37/h3-12H,1-2H3,(H,27,31,33)/b18-10+. The van der Waals surface area contributed by atoms with Crippen molar-refractivity contribution < 1.29 is 29.0 Å². The SMILES string of the molecule is Cc1ccc(N2C(=O)NC(=O)/C(=C\c3ccc(Oc4ccc([N+](=O)[O-])cc4[N+](=O)[O-])c(Cl)c3)C2=O)cc1C. The van der Waals surface area contributed by atoms with Crippen LogP contribution in [-0.2, 0) is 9.59 Å². The summed E-state index contributed by atoms with van der Waals surface area (Å²) in [6.07, 6.45) is 1.24. The minimum absolute atomic E-state index is 0.0165. The van der Waals surface area contributed by atoms with Gasteiger partial charge in [-0.25, -0.2) is 9.69 Å². The van der Waals surface area contributed by atoms with Gasteiger partial charge in [0, 0.05) is 6.07 Å². The van der Waals surface area contributed by atoms with E-state index in [1.54, 1.807) is 18.2 Å². The summed E-state index contributed by atoms with van der Waals surface area (Å²) in [5.41, 5.74) is 0.956. The Labute approximate surface area is 219 Å². The van der Waals surface area contributed by atoms with E-state index in [1.807, 2.05) is 13.8 Å². The topological polar surface area (TPSA) is 162 Å². The van der Waals surface area contributed by atoms with Crippen molar-refractivity contribution in [2.45, 2.75) is 13.8 Å². The van der Waals surface area contributed by atoms with Gasteiger partial charge < -0.3 is 4.74 Å². The lowest BCUT2D eigenvalue weighted by atomic mass is 10.0. The summed E-state index contributed by atoms with van der Waals surface area (Å²) in [4.78, 5) is 59.6. The predicted octanol–water partition coefficient (Wildman–Crippen LogP) is 5.23. The lowest BCUT2D eigenvalue weighted by Crippen LogP contribution is -2.54. The second-order valence-electron chi connectivity index (χ2n) is 8.18. The van der Waals surface area contributed by atoms with Crippen LogP contribution in [0.25, 0.3) is 6.08 Å². The van der Waals surface area contributed by atoms with Gasteiger partial charge in [0.25, 0.3) is 17.5 Å². The van der Waals surface area contributed by atoms with Crippen LogP contribution < -0.4 is 15.0 Å². The van der Waals surface area contributed by atoms with E-state index >= 15 is 0 Å². The average molecular weight is 537 g/mol. The highest BCUT2D eigenvalue weighted by Crippen LogP contribution is 2.37. The Kier molecular flexibility index (Phi) is 6.91. The number of carbonyl (C=O) groups is 3. The second-order valence-corrected chi connectivity index (χ2v) is 8.59. The van der Waals surface area contributed by atoms with E-state index < -0.39 is 39.1 Å². The molecule has 3 aromatic carbocycles. The first kappa shape index (κ1) is 26.0. The van der Waals surface area contributed by atoms with Crippen LogP contribution in [0.5, 0.6) is 11.5 Å². The van der Waals surface area contributed by atoms with Crippen molar-refractivity contribution in [2.75, 3.05) is 4.90 Å². The van der Waals surface area contributed by atoms with Gasteiger partial charge in [-0.05, 0) is 66.9 Å². The molecule has 1 aliphatic heterocycles. The molecular weight excluding hydrogens is 520 g/mol. The molecule has 0 aromatic heterocycles. The maximum Gasteiger partial charge on any atom is 0.335 e. The van der Waals surface area contributed by atoms with Crippen LogP contribution in [0, 0.1) is 34.1 Å². The Balaban J connectivity index is 1.64. The van der Waals surface area contributed by atoms with Crippen molar-refractivity contribution >= 4 is 52.6 Å². The normalized spacial score (nSPS) is 14.4. The monoisotopic (exact) mass is 536 g/mol. The highest BCUT2D eigenvalue weighted by molar-refractivity contribution is 6.39. The average Bonchev–Trinajstić information content (AvgIpc) is 2.85. The van der Waals surface area contributed by atoms with Gasteiger partial charge >= 0.3 is 11.7 Å². The molecule has 0 atom stereocenters. The van der Waals surface area contributed by atoms with E-state index in [1.165, 1.54) is 24.3 Å². The molecule has 0 bridgehead atoms. The van der Waals surface area contributed by atoms with Gasteiger partial charge in [-0.2, -0.15) is 0 Å². The summed E-state index contributed by atoms with van der Waals surface area (Å²) in [7, 11) is 0. The van der Waals surface area contributed by atoms with Crippen LogP contribution in [0.3, 0.4) is 0 Å². The molecule has 3 aromatic rings. The highest BCUT2D eigenvalue weighted by Gasteiger charge is 2.37. The van der Waals surface area contributed by atoms with Gasteiger partial charge in [0.1, 0.15) is 11.3 Å². The number of hydrogen-bond donors (Lipinski definition) is 1. The van der Waals surface area contributed by atoms with Crippen LogP contribution in [-0.4, -0.2) is 27.7 Å². The third-order valence-corrected chi connectivity index (χ3v) is 5.98. The number of amides is 4. The summed E-state index contributed by atoms with van der Waals surface area (Å²) >= 11 is 6.28. The van der Waals surface area contributed by atoms with Gasteiger partial charge in [0.05, 0.1) is 26.6 Å². The Bertz CT molecular complexity index is 1580. The number of halogens is 1. The number of imide groups is 2. The quantitative estimate of drug-likeness (QED) is 0.194. The van der Waals surface area contributed by atoms with Crippen molar-refractivity contribution in [3.63, 3.8) is 0 Å². The second kappa shape index (κ2) is 10.1. The van der Waals surface area contributed by atoms with Crippen molar-refractivity contribution in [1.29, 1.82) is 0 Å². The molecule has 4 amide bonds. The molecule has 0 spiro atoms. The number of benzene rings is 3. The van der Waals surface area contributed by atoms with Crippen LogP contribution in [0.2, 0.25) is 5.02 Å². The Morgan fingerprint density at radius 1 is 0.895 bits per heavy atom. The molecule has 0 aliphatic carbocycles. The first-order chi connectivity index (χ1) is 18.0. The number of aryl methyl sites for hydroxylation is 2. The molecule has 1 fully saturated rings. The maximum atomic E-state index is 13.1. The number of nitrogens with one attached hydrogen (secondary N) is 1. The summed E-state index contributed by atoms with van der Waals surface area (Å²) < 4.78 is 5.52. The van der Waals surface area contributed by atoms with Crippen molar-refractivity contribution in [3.8, 4) is 11.5 Å². The molecule has 1 N–H and O–H groups in total. The van der Waals surface area contributed by atoms with E-state index in [0.717, 1.165) is 34.2 Å². The number of nitrogens with zero attached hydrogens (tertiary/aromatic N) is 3. The number of anilines is 1. The van der Waals surface area contributed by atoms with Gasteiger partial charge in [-0.1, -0.05) is 23.7 Å². The zero-order chi connectivity index (χ0) is 27.7. The molecule has 1 heterocycles. The van der Waals surface area contributed by atoms with Crippen LogP contribution >= 0.6 is 11.6 Å². The van der Waals surface area contributed by atoms with Gasteiger partial charge in [0.15, 0.2) is 0 Å². The molecule has 0 radical (unpaired) electrons. The molecule has 1 saturated heterocycles. The van der Waals surface area contributed by atoms with Crippen molar-refractivity contribution in [1.82, 2.24) is 5.32 Å². The Hall–Kier alpha value is -5.10. The largest absolute Gasteiger partial charge is 0.449 e. The van der Waals surface area contributed by atoms with E-state index in [0.29, 0.717) is 11.3 Å². The van der Waals surface area contributed by atoms with Gasteiger partial charge in [-0.15, -0.1) is 0 Å². The Morgan fingerprint density at radius 3 is 2.24 bits per heavy atom. The first-order valence-corrected chi connectivity index (χ1v) is 11.2. The minimum Gasteiger partial charge on any atom is -0.449 e. The number of nitro benzene ring substituents is 2. The fourth-order valence-electron chi connectivity index (χ4n) is 3.58. The zero-order valence-electron chi connectivity index (χ0n) is 19.8. The third kappa shape index (κ3) is 5.06. The van der Waals surface area contributed by atoms with Crippen molar-refractivity contribution in [3.05, 3.63) is 102 Å². The van der Waals surface area contributed by atoms with E-state index in [9.17, 15) is 34.6 Å². The molecular formula is C25H17ClN4O8. The number of barbiturate groups is 1. The fraction of sp³-hybridized carbons (Fsp3) is 0.0800. The number of carbonyl (C=O) groups excluding carboxylic acids is 3. The van der Waals surface area contributed by atoms with Crippen LogP contribution in [0.1, 0.15) is 16.7 Å². The smallest absolute Gasteiger partial charge is 0.335 e. The minimum atomic E-state index is -0.891. The molecule has 38 heavy (non-hydrogen) atoms. The molecule has 0 saturated carbocycles. The van der Waals surface area contributed by atoms with Crippen LogP contribution in [0.4, 0.5) is 21.9 Å². The number of urea groups is 1. The predicted molar refractivity (Wildman–Crippen MR) is 136 cm³/mol. The summed E-state index contributed by atoms with van der Waals surface area (Å²) in [6, 6.07) is 11.1. The number of rotatable bonds is 6. The van der Waals surface area contributed by atoms with Gasteiger partial charge in [0.2, 0.25) is 5.75 Å². The number of hydrogen-bond acceptors (Lipinski definition) is 8. The fourth-order valence-corrected chi connectivity index (χ4v) is 3.81. The molecule has 4 rings (SSSR count). The van der Waals surface area contributed by atoms with Crippen molar-refractivity contribution in [2.24, 2.45) is 0 Å². The molecule has 12 nitrogen and oxygen atoms in total. The Morgan fingerprint density at radius 2 is 1.61 bits per heavy atom. The number of nitro groups is 2. The summed E-state index contributed by atoms with van der Waals surface area (Å²) in [5, 5.41) is 24.4. The highest BCUT2D eigenvalue weighted by atomic mass is 35.5. The molecule has 192 valence electrons. The lowest BCUT2D eigenvalue weighted by Gasteiger charge is -2.26. The molecule has 0 unspecified atom stereocenters. The van der Waals surface area contributed by atoms with E-state index in [2.05, 4.69) is 5.32 Å². The summed E-state index contributed by atoms with van der Waals surface area (Å²) in [5.74, 6) is -2.02. The van der Waals surface area contributed by atoms with E-state index in [4.69, 9.17) is 16.3 Å². The maximum absolute atomic E-state index is 13.1. The van der Waals surface area contributed by atoms with Gasteiger partial charge in [-0.3, -0.25) is 35.1 Å². The molecule has 1 aliphatic rings. The third-order valence-electron chi connectivity index (χ3n) is 5.69.